The van der Waals surface area contributed by atoms with Gasteiger partial charge in [0.05, 0.1) is 0 Å². The van der Waals surface area contributed by atoms with Crippen molar-refractivity contribution in [1.82, 2.24) is 4.98 Å². The van der Waals surface area contributed by atoms with Crippen LogP contribution in [-0.2, 0) is 0 Å². The van der Waals surface area contributed by atoms with Crippen LogP contribution >= 0.6 is 10.9 Å². The fourth-order valence-electron chi connectivity index (χ4n) is 1.10. The zero-order valence-corrected chi connectivity index (χ0v) is 7.04. The van der Waals surface area contributed by atoms with E-state index in [0.717, 1.165) is 6.54 Å². The van der Waals surface area contributed by atoms with Gasteiger partial charge in [0.2, 0.25) is 0 Å². The van der Waals surface area contributed by atoms with Crippen molar-refractivity contribution in [3.63, 3.8) is 0 Å². The van der Waals surface area contributed by atoms with Gasteiger partial charge in [-0.05, 0) is 12.1 Å². The van der Waals surface area contributed by atoms with E-state index >= 15 is 0 Å². The van der Waals surface area contributed by atoms with Crippen molar-refractivity contribution in [3.8, 4) is 0 Å². The Kier molecular flexibility index (Phi) is 1.90. The summed E-state index contributed by atoms with van der Waals surface area (Å²) in [7, 11) is -0.0944. The molecule has 0 aliphatic carbocycles. The SMILES string of the molecule is C1=NCC[SH]1c1cccnc1. The first kappa shape index (κ1) is 6.85. The lowest BCUT2D eigenvalue weighted by molar-refractivity contribution is 1.17. The van der Waals surface area contributed by atoms with Crippen LogP contribution in [0.5, 0.6) is 0 Å². The second kappa shape index (κ2) is 3.05. The van der Waals surface area contributed by atoms with Gasteiger partial charge in [-0.2, -0.15) is 10.9 Å². The summed E-state index contributed by atoms with van der Waals surface area (Å²) in [6.45, 7) is 1.00. The molecule has 0 saturated carbocycles. The number of pyridine rings is 1. The summed E-state index contributed by atoms with van der Waals surface area (Å²) in [5.41, 5.74) is 2.09. The highest BCUT2D eigenvalue weighted by molar-refractivity contribution is 8.28. The van der Waals surface area contributed by atoms with Crippen LogP contribution in [0, 0.1) is 0 Å². The molecule has 0 spiro atoms. The molecule has 3 heteroatoms. The predicted octanol–water partition coefficient (Wildman–Crippen LogP) is 1.48. The average Bonchev–Trinajstić information content (AvgIpc) is 2.58. The first-order valence-electron chi connectivity index (χ1n) is 3.63. The second-order valence-electron chi connectivity index (χ2n) is 2.43. The van der Waals surface area contributed by atoms with E-state index in [-0.39, 0.29) is 10.9 Å². The van der Waals surface area contributed by atoms with Crippen LogP contribution in [0.25, 0.3) is 0 Å². The molecule has 1 aliphatic heterocycles. The van der Waals surface area contributed by atoms with Gasteiger partial charge < -0.3 is 0 Å². The van der Waals surface area contributed by atoms with Gasteiger partial charge >= 0.3 is 0 Å². The third kappa shape index (κ3) is 1.43. The minimum atomic E-state index is -0.0944. The van der Waals surface area contributed by atoms with Gasteiger partial charge in [-0.15, -0.1) is 0 Å². The third-order valence-electron chi connectivity index (χ3n) is 1.67. The van der Waals surface area contributed by atoms with Gasteiger partial charge in [-0.3, -0.25) is 9.98 Å². The summed E-state index contributed by atoms with van der Waals surface area (Å²) < 4.78 is 0. The van der Waals surface area contributed by atoms with Crippen LogP contribution in [0.4, 0.5) is 0 Å². The zero-order valence-electron chi connectivity index (χ0n) is 6.14. The van der Waals surface area contributed by atoms with Gasteiger partial charge in [0.15, 0.2) is 0 Å². The van der Waals surface area contributed by atoms with Crippen LogP contribution in [0.15, 0.2) is 34.4 Å². The van der Waals surface area contributed by atoms with E-state index < -0.39 is 0 Å². The number of thiol groups is 1. The Balaban J connectivity index is 2.23. The van der Waals surface area contributed by atoms with Crippen LogP contribution in [0.2, 0.25) is 0 Å². The molecule has 0 aromatic carbocycles. The number of nitrogens with zero attached hydrogens (tertiary/aromatic N) is 2. The molecule has 1 aromatic rings. The molecular formula is C8H10N2S. The molecule has 11 heavy (non-hydrogen) atoms. The smallest absolute Gasteiger partial charge is 0.0475 e. The number of hydrogen-bond acceptors (Lipinski definition) is 2. The van der Waals surface area contributed by atoms with E-state index in [9.17, 15) is 0 Å². The maximum atomic E-state index is 4.22. The van der Waals surface area contributed by atoms with E-state index in [1.807, 2.05) is 18.5 Å². The zero-order chi connectivity index (χ0) is 7.52. The van der Waals surface area contributed by atoms with Gasteiger partial charge in [0.25, 0.3) is 0 Å². The minimum absolute atomic E-state index is 0.0944. The van der Waals surface area contributed by atoms with Crippen LogP contribution in [-0.4, -0.2) is 22.8 Å². The summed E-state index contributed by atoms with van der Waals surface area (Å²) in [5.74, 6) is 1.21. The van der Waals surface area contributed by atoms with Crippen molar-refractivity contribution in [3.05, 3.63) is 24.5 Å². The molecule has 1 unspecified atom stereocenters. The Morgan fingerprint density at radius 2 is 2.45 bits per heavy atom. The Bertz CT molecular complexity index is 258. The Morgan fingerprint density at radius 1 is 1.45 bits per heavy atom. The molecule has 0 amide bonds. The first-order chi connectivity index (χ1) is 5.47. The third-order valence-corrected chi connectivity index (χ3v) is 3.72. The highest BCUT2D eigenvalue weighted by Crippen LogP contribution is 2.34. The van der Waals surface area contributed by atoms with Crippen molar-refractivity contribution in [2.24, 2.45) is 4.99 Å². The summed E-state index contributed by atoms with van der Waals surface area (Å²) in [6, 6.07) is 4.12. The summed E-state index contributed by atoms with van der Waals surface area (Å²) in [6.07, 6.45) is 3.76. The molecule has 1 aliphatic rings. The number of aromatic nitrogens is 1. The van der Waals surface area contributed by atoms with Gasteiger partial charge in [-0.25, -0.2) is 0 Å². The number of hydrogen-bond donors (Lipinski definition) is 1. The van der Waals surface area contributed by atoms with Gasteiger partial charge in [0.1, 0.15) is 0 Å². The van der Waals surface area contributed by atoms with Gasteiger partial charge in [0, 0.05) is 35.1 Å². The van der Waals surface area contributed by atoms with Crippen LogP contribution < -0.4 is 0 Å². The maximum absolute atomic E-state index is 4.22. The Hall–Kier alpha value is -0.830. The molecule has 0 saturated heterocycles. The first-order valence-corrected chi connectivity index (χ1v) is 5.23. The molecule has 0 bridgehead atoms. The molecule has 0 fully saturated rings. The fourth-order valence-corrected chi connectivity index (χ4v) is 2.74. The van der Waals surface area contributed by atoms with Crippen molar-refractivity contribution < 1.29 is 0 Å². The summed E-state index contributed by atoms with van der Waals surface area (Å²) in [5, 5.41) is 0. The van der Waals surface area contributed by atoms with Crippen LogP contribution in [0.1, 0.15) is 0 Å². The van der Waals surface area contributed by atoms with Crippen molar-refractivity contribution in [1.29, 1.82) is 0 Å². The van der Waals surface area contributed by atoms with Crippen molar-refractivity contribution in [2.75, 3.05) is 12.3 Å². The average molecular weight is 166 g/mol. The van der Waals surface area contributed by atoms with Crippen LogP contribution in [0.3, 0.4) is 0 Å². The lowest BCUT2D eigenvalue weighted by Gasteiger charge is -2.08. The lowest BCUT2D eigenvalue weighted by atomic mass is 10.5. The molecule has 0 radical (unpaired) electrons. The molecular weight excluding hydrogens is 156 g/mol. The summed E-state index contributed by atoms with van der Waals surface area (Å²) >= 11 is 0. The second-order valence-corrected chi connectivity index (χ2v) is 4.56. The molecule has 1 aromatic heterocycles. The van der Waals surface area contributed by atoms with E-state index in [4.69, 9.17) is 0 Å². The monoisotopic (exact) mass is 166 g/mol. The predicted molar refractivity (Wildman–Crippen MR) is 49.7 cm³/mol. The highest BCUT2D eigenvalue weighted by Gasteiger charge is 2.07. The molecule has 1 atom stereocenters. The number of rotatable bonds is 1. The van der Waals surface area contributed by atoms with Gasteiger partial charge in [-0.1, -0.05) is 0 Å². The standard InChI is InChI=1S/C8H10N2S/c1-2-8(6-9-3-1)11-5-4-10-7-11/h1-3,6-7,11H,4-5H2. The Labute approximate surface area is 68.7 Å². The normalized spacial score (nSPS) is 25.6. The fraction of sp³-hybridized carbons (Fsp3) is 0.250. The molecule has 58 valence electrons. The number of aliphatic imine (C=N–C) groups is 1. The highest BCUT2D eigenvalue weighted by atomic mass is 32.2. The Morgan fingerprint density at radius 3 is 3.09 bits per heavy atom. The van der Waals surface area contributed by atoms with Crippen molar-refractivity contribution in [2.45, 2.75) is 4.90 Å². The molecule has 0 N–H and O–H groups in total. The summed E-state index contributed by atoms with van der Waals surface area (Å²) in [4.78, 5) is 9.65. The maximum Gasteiger partial charge on any atom is 0.0475 e. The molecule has 2 heterocycles. The van der Waals surface area contributed by atoms with Crippen molar-refractivity contribution >= 4 is 16.4 Å². The van der Waals surface area contributed by atoms with E-state index in [2.05, 4.69) is 21.6 Å². The molecule has 2 rings (SSSR count). The molecule has 2 nitrogen and oxygen atoms in total. The largest absolute Gasteiger partial charge is 0.287 e. The van der Waals surface area contributed by atoms with E-state index in [1.165, 1.54) is 10.6 Å². The minimum Gasteiger partial charge on any atom is -0.287 e. The van der Waals surface area contributed by atoms with E-state index in [0.29, 0.717) is 0 Å². The van der Waals surface area contributed by atoms with E-state index in [1.54, 1.807) is 0 Å². The lowest BCUT2D eigenvalue weighted by Crippen LogP contribution is -1.86. The quantitative estimate of drug-likeness (QED) is 0.628. The topological polar surface area (TPSA) is 25.2 Å².